The fraction of sp³-hybridized carbons (Fsp3) is 0.500. The van der Waals surface area contributed by atoms with Crippen LogP contribution in [0.5, 0.6) is 0 Å². The number of halogens is 1. The predicted octanol–water partition coefficient (Wildman–Crippen LogP) is 2.98. The zero-order valence-electron chi connectivity index (χ0n) is 14.2. The molecule has 25 heavy (non-hydrogen) atoms. The van der Waals surface area contributed by atoms with Crippen LogP contribution in [0.25, 0.3) is 0 Å². The van der Waals surface area contributed by atoms with Crippen molar-refractivity contribution in [2.24, 2.45) is 0 Å². The summed E-state index contributed by atoms with van der Waals surface area (Å²) in [5, 5.41) is 11.4. The van der Waals surface area contributed by atoms with Gasteiger partial charge in [0.25, 0.3) is 0 Å². The molecule has 1 N–H and O–H groups in total. The minimum atomic E-state index is -0.236. The second kappa shape index (κ2) is 8.99. The van der Waals surface area contributed by atoms with Gasteiger partial charge in [0.1, 0.15) is 17.5 Å². The standard InChI is InChI=1S/C18H23FN4OS/c19-14-6-3-4-7-15(14)25-13-10-18(24)20-11-9-17-22-21-16-8-2-1-5-12-23(16)17/h3-4,6-7H,1-2,5,8-13H2,(H,20,24). The van der Waals surface area contributed by atoms with Crippen molar-refractivity contribution in [2.45, 2.75) is 50.0 Å². The van der Waals surface area contributed by atoms with Gasteiger partial charge in [-0.15, -0.1) is 22.0 Å². The summed E-state index contributed by atoms with van der Waals surface area (Å²) in [6.07, 6.45) is 5.63. The molecule has 1 amide bonds. The number of fused-ring (bicyclic) bond motifs is 1. The van der Waals surface area contributed by atoms with Crippen LogP contribution in [-0.4, -0.2) is 33.0 Å². The van der Waals surface area contributed by atoms with Crippen LogP contribution >= 0.6 is 11.8 Å². The molecule has 2 heterocycles. The van der Waals surface area contributed by atoms with Crippen LogP contribution in [0.15, 0.2) is 29.2 Å². The first-order valence-electron chi connectivity index (χ1n) is 8.79. The molecule has 134 valence electrons. The van der Waals surface area contributed by atoms with Crippen LogP contribution in [-0.2, 0) is 24.2 Å². The van der Waals surface area contributed by atoms with Gasteiger partial charge in [-0.05, 0) is 25.0 Å². The number of benzene rings is 1. The Labute approximate surface area is 151 Å². The molecular formula is C18H23FN4OS. The smallest absolute Gasteiger partial charge is 0.220 e. The van der Waals surface area contributed by atoms with E-state index in [1.165, 1.54) is 30.7 Å². The first-order valence-corrected chi connectivity index (χ1v) is 9.77. The number of nitrogens with zero attached hydrogens (tertiary/aromatic N) is 3. The van der Waals surface area contributed by atoms with Crippen LogP contribution in [0.4, 0.5) is 4.39 Å². The molecule has 0 radical (unpaired) electrons. The molecule has 1 aromatic carbocycles. The number of rotatable bonds is 7. The number of hydrogen-bond donors (Lipinski definition) is 1. The van der Waals surface area contributed by atoms with Gasteiger partial charge in [-0.1, -0.05) is 18.6 Å². The zero-order chi connectivity index (χ0) is 17.5. The van der Waals surface area contributed by atoms with E-state index in [1.54, 1.807) is 18.2 Å². The lowest BCUT2D eigenvalue weighted by molar-refractivity contribution is -0.120. The Kier molecular flexibility index (Phi) is 6.44. The van der Waals surface area contributed by atoms with Crippen molar-refractivity contribution in [1.82, 2.24) is 20.1 Å². The van der Waals surface area contributed by atoms with Crippen molar-refractivity contribution in [3.63, 3.8) is 0 Å². The maximum atomic E-state index is 13.5. The van der Waals surface area contributed by atoms with Gasteiger partial charge in [0, 0.05) is 43.0 Å². The van der Waals surface area contributed by atoms with Crippen molar-refractivity contribution in [3.8, 4) is 0 Å². The van der Waals surface area contributed by atoms with Gasteiger partial charge < -0.3 is 9.88 Å². The zero-order valence-corrected chi connectivity index (χ0v) is 15.0. The first kappa shape index (κ1) is 17.9. The molecule has 5 nitrogen and oxygen atoms in total. The van der Waals surface area contributed by atoms with Crippen molar-refractivity contribution in [1.29, 1.82) is 0 Å². The van der Waals surface area contributed by atoms with Crippen LogP contribution in [0.2, 0.25) is 0 Å². The number of amides is 1. The topological polar surface area (TPSA) is 59.8 Å². The molecule has 0 saturated heterocycles. The summed E-state index contributed by atoms with van der Waals surface area (Å²) >= 11 is 1.37. The Morgan fingerprint density at radius 1 is 1.24 bits per heavy atom. The molecule has 0 atom stereocenters. The van der Waals surface area contributed by atoms with E-state index in [0.717, 1.165) is 31.0 Å². The Morgan fingerprint density at radius 2 is 2.12 bits per heavy atom. The number of carbonyl (C=O) groups is 1. The fourth-order valence-corrected chi connectivity index (χ4v) is 3.84. The van der Waals surface area contributed by atoms with Gasteiger partial charge in [-0.3, -0.25) is 4.79 Å². The van der Waals surface area contributed by atoms with Gasteiger partial charge in [-0.2, -0.15) is 0 Å². The Balaban J connectivity index is 1.38. The third kappa shape index (κ3) is 5.04. The van der Waals surface area contributed by atoms with Crippen molar-refractivity contribution < 1.29 is 9.18 Å². The predicted molar refractivity (Wildman–Crippen MR) is 96.0 cm³/mol. The molecule has 1 aromatic heterocycles. The van der Waals surface area contributed by atoms with Crippen molar-refractivity contribution in [3.05, 3.63) is 41.7 Å². The summed E-state index contributed by atoms with van der Waals surface area (Å²) in [4.78, 5) is 12.5. The lowest BCUT2D eigenvalue weighted by atomic mass is 10.2. The van der Waals surface area contributed by atoms with Gasteiger partial charge in [0.15, 0.2) is 0 Å². The van der Waals surface area contributed by atoms with E-state index in [-0.39, 0.29) is 11.7 Å². The summed E-state index contributed by atoms with van der Waals surface area (Å²) in [6.45, 7) is 1.53. The van der Waals surface area contributed by atoms with Crippen LogP contribution in [0.3, 0.4) is 0 Å². The van der Waals surface area contributed by atoms with Crippen LogP contribution in [0, 0.1) is 5.82 Å². The third-order valence-electron chi connectivity index (χ3n) is 4.28. The average molecular weight is 362 g/mol. The highest BCUT2D eigenvalue weighted by molar-refractivity contribution is 7.99. The van der Waals surface area contributed by atoms with E-state index in [1.807, 2.05) is 0 Å². The second-order valence-corrected chi connectivity index (χ2v) is 7.26. The summed E-state index contributed by atoms with van der Waals surface area (Å²) in [5.74, 6) is 2.34. The maximum absolute atomic E-state index is 13.5. The minimum Gasteiger partial charge on any atom is -0.356 e. The van der Waals surface area contributed by atoms with E-state index in [4.69, 9.17) is 0 Å². The number of carbonyl (C=O) groups excluding carboxylic acids is 1. The van der Waals surface area contributed by atoms with Gasteiger partial charge in [-0.25, -0.2) is 4.39 Å². The molecule has 3 rings (SSSR count). The largest absolute Gasteiger partial charge is 0.356 e. The van der Waals surface area contributed by atoms with E-state index in [9.17, 15) is 9.18 Å². The Hall–Kier alpha value is -1.89. The van der Waals surface area contributed by atoms with E-state index >= 15 is 0 Å². The molecule has 0 bridgehead atoms. The molecule has 0 aliphatic carbocycles. The molecule has 0 unspecified atom stereocenters. The summed E-state index contributed by atoms with van der Waals surface area (Å²) in [6, 6.07) is 6.63. The summed E-state index contributed by atoms with van der Waals surface area (Å²) in [5.41, 5.74) is 0. The normalized spacial score (nSPS) is 14.0. The number of hydrogen-bond acceptors (Lipinski definition) is 4. The quantitative estimate of drug-likeness (QED) is 0.769. The lowest BCUT2D eigenvalue weighted by Gasteiger charge is -2.08. The average Bonchev–Trinajstić information content (AvgIpc) is 2.84. The number of aromatic nitrogens is 3. The Morgan fingerprint density at radius 3 is 3.00 bits per heavy atom. The summed E-state index contributed by atoms with van der Waals surface area (Å²) in [7, 11) is 0. The SMILES string of the molecule is O=C(CCSc1ccccc1F)NCCc1nnc2n1CCCCC2. The number of thioether (sulfide) groups is 1. The van der Waals surface area contributed by atoms with E-state index < -0.39 is 0 Å². The lowest BCUT2D eigenvalue weighted by Crippen LogP contribution is -2.26. The highest BCUT2D eigenvalue weighted by Crippen LogP contribution is 2.21. The number of nitrogens with one attached hydrogen (secondary N) is 1. The maximum Gasteiger partial charge on any atom is 0.220 e. The highest BCUT2D eigenvalue weighted by Gasteiger charge is 2.14. The van der Waals surface area contributed by atoms with Gasteiger partial charge in [0.2, 0.25) is 5.91 Å². The van der Waals surface area contributed by atoms with E-state index in [2.05, 4.69) is 20.1 Å². The van der Waals surface area contributed by atoms with E-state index in [0.29, 0.717) is 30.0 Å². The summed E-state index contributed by atoms with van der Waals surface area (Å²) < 4.78 is 15.7. The monoisotopic (exact) mass is 362 g/mol. The van der Waals surface area contributed by atoms with Crippen molar-refractivity contribution >= 4 is 17.7 Å². The minimum absolute atomic E-state index is 0.0144. The third-order valence-corrected chi connectivity index (χ3v) is 5.33. The highest BCUT2D eigenvalue weighted by atomic mass is 32.2. The molecule has 1 aliphatic rings. The fourth-order valence-electron chi connectivity index (χ4n) is 2.95. The van der Waals surface area contributed by atoms with Crippen LogP contribution < -0.4 is 5.32 Å². The van der Waals surface area contributed by atoms with Crippen molar-refractivity contribution in [2.75, 3.05) is 12.3 Å². The van der Waals surface area contributed by atoms with Gasteiger partial charge in [0.05, 0.1) is 0 Å². The molecule has 0 spiro atoms. The molecule has 0 saturated carbocycles. The Bertz CT molecular complexity index is 719. The van der Waals surface area contributed by atoms with Gasteiger partial charge >= 0.3 is 0 Å². The molecule has 0 fully saturated rings. The number of aryl methyl sites for hydroxylation is 1. The molecule has 7 heteroatoms. The molecular weight excluding hydrogens is 339 g/mol. The molecule has 2 aromatic rings. The molecule has 1 aliphatic heterocycles. The van der Waals surface area contributed by atoms with Crippen LogP contribution in [0.1, 0.15) is 37.3 Å². The first-order chi connectivity index (χ1) is 12.2. The second-order valence-electron chi connectivity index (χ2n) is 6.12.